The van der Waals surface area contributed by atoms with Crippen molar-refractivity contribution in [3.8, 4) is 5.75 Å². The third-order valence-corrected chi connectivity index (χ3v) is 5.58. The Balaban J connectivity index is 2.10. The molecule has 8 heteroatoms. The van der Waals surface area contributed by atoms with E-state index in [1.54, 1.807) is 31.5 Å². The Morgan fingerprint density at radius 2 is 2.14 bits per heavy atom. The number of carbonyl (C=O) groups is 1. The number of benzene rings is 1. The molecule has 0 N–H and O–H groups in total. The van der Waals surface area contributed by atoms with Gasteiger partial charge in [-0.05, 0) is 24.3 Å². The van der Waals surface area contributed by atoms with E-state index >= 15 is 0 Å². The first-order valence-corrected chi connectivity index (χ1v) is 8.94. The third kappa shape index (κ3) is 2.50. The summed E-state index contributed by atoms with van der Waals surface area (Å²) in [7, 11) is 3.15. The molecule has 1 aliphatic rings. The summed E-state index contributed by atoms with van der Waals surface area (Å²) in [5, 5.41) is -0.168. The van der Waals surface area contributed by atoms with E-state index in [-0.39, 0.29) is 18.9 Å². The Hall–Kier alpha value is -1.86. The molecule has 116 valence electrons. The fourth-order valence-electron chi connectivity index (χ4n) is 2.63. The molecular formula is C14H13ClN2O4S. The minimum Gasteiger partial charge on any atom is -0.494 e. The van der Waals surface area contributed by atoms with Gasteiger partial charge in [0.05, 0.1) is 12.8 Å². The normalized spacial score (nSPS) is 18.9. The lowest BCUT2D eigenvalue weighted by Gasteiger charge is -2.19. The minimum atomic E-state index is -3.77. The number of hydrogen-bond acceptors (Lipinski definition) is 5. The molecule has 1 saturated heterocycles. The largest absolute Gasteiger partial charge is 0.494 e. The molecule has 1 aromatic heterocycles. The highest BCUT2D eigenvalue weighted by atomic mass is 35.7. The lowest BCUT2D eigenvalue weighted by atomic mass is 10.1. The predicted octanol–water partition coefficient (Wildman–Crippen LogP) is 1.92. The first-order valence-electron chi connectivity index (χ1n) is 6.57. The smallest absolute Gasteiger partial charge is 0.237 e. The molecule has 0 spiro atoms. The highest BCUT2D eigenvalue weighted by Crippen LogP contribution is 2.35. The SMILES string of the molecule is COc1ccc(N2CC(S(=O)(=O)Cl)CC2=O)c2cccnc12. The first kappa shape index (κ1) is 15.1. The van der Waals surface area contributed by atoms with Crippen LogP contribution in [-0.2, 0) is 13.8 Å². The molecule has 1 atom stereocenters. The van der Waals surface area contributed by atoms with Gasteiger partial charge in [0.25, 0.3) is 0 Å². The Morgan fingerprint density at radius 3 is 2.77 bits per heavy atom. The summed E-state index contributed by atoms with van der Waals surface area (Å²) in [6.45, 7) is 0.0426. The lowest BCUT2D eigenvalue weighted by molar-refractivity contribution is -0.117. The van der Waals surface area contributed by atoms with Crippen LogP contribution in [0.4, 0.5) is 5.69 Å². The van der Waals surface area contributed by atoms with Crippen molar-refractivity contribution in [1.82, 2.24) is 4.98 Å². The maximum absolute atomic E-state index is 12.2. The molecule has 22 heavy (non-hydrogen) atoms. The summed E-state index contributed by atoms with van der Waals surface area (Å²) in [4.78, 5) is 17.9. The van der Waals surface area contributed by atoms with E-state index in [1.165, 1.54) is 4.90 Å². The van der Waals surface area contributed by atoms with Crippen molar-refractivity contribution < 1.29 is 17.9 Å². The van der Waals surface area contributed by atoms with E-state index < -0.39 is 14.3 Å². The molecule has 1 unspecified atom stereocenters. The molecule has 1 fully saturated rings. The number of halogens is 1. The molecular weight excluding hydrogens is 328 g/mol. The van der Waals surface area contributed by atoms with Gasteiger partial charge < -0.3 is 9.64 Å². The lowest BCUT2D eigenvalue weighted by Crippen LogP contribution is -2.26. The van der Waals surface area contributed by atoms with Gasteiger partial charge in [-0.15, -0.1) is 0 Å². The van der Waals surface area contributed by atoms with Crippen LogP contribution in [0.2, 0.25) is 0 Å². The van der Waals surface area contributed by atoms with Crippen molar-refractivity contribution in [3.63, 3.8) is 0 Å². The Kier molecular flexibility index (Phi) is 3.70. The van der Waals surface area contributed by atoms with E-state index in [4.69, 9.17) is 15.4 Å². The average molecular weight is 341 g/mol. The second kappa shape index (κ2) is 5.40. The van der Waals surface area contributed by atoms with Crippen LogP contribution < -0.4 is 9.64 Å². The van der Waals surface area contributed by atoms with Crippen molar-refractivity contribution in [1.29, 1.82) is 0 Å². The number of amides is 1. The molecule has 0 bridgehead atoms. The van der Waals surface area contributed by atoms with Crippen LogP contribution >= 0.6 is 10.7 Å². The van der Waals surface area contributed by atoms with E-state index in [0.29, 0.717) is 17.0 Å². The number of hydrogen-bond donors (Lipinski definition) is 0. The molecule has 2 aromatic rings. The highest BCUT2D eigenvalue weighted by molar-refractivity contribution is 8.14. The number of aromatic nitrogens is 1. The number of fused-ring (bicyclic) bond motifs is 1. The zero-order chi connectivity index (χ0) is 15.9. The molecule has 2 heterocycles. The second-order valence-corrected chi connectivity index (χ2v) is 7.90. The van der Waals surface area contributed by atoms with Crippen LogP contribution in [0.1, 0.15) is 6.42 Å². The van der Waals surface area contributed by atoms with Crippen LogP contribution in [0.15, 0.2) is 30.5 Å². The van der Waals surface area contributed by atoms with Crippen LogP contribution in [0.25, 0.3) is 10.9 Å². The van der Waals surface area contributed by atoms with Crippen LogP contribution in [0, 0.1) is 0 Å². The van der Waals surface area contributed by atoms with Crippen molar-refractivity contribution in [2.45, 2.75) is 11.7 Å². The topological polar surface area (TPSA) is 76.6 Å². The molecule has 1 aromatic carbocycles. The van der Waals surface area contributed by atoms with Gasteiger partial charge in [0.15, 0.2) is 0 Å². The van der Waals surface area contributed by atoms with Gasteiger partial charge in [0.2, 0.25) is 15.0 Å². The molecule has 3 rings (SSSR count). The Morgan fingerprint density at radius 1 is 1.36 bits per heavy atom. The van der Waals surface area contributed by atoms with Crippen LogP contribution in [-0.4, -0.2) is 38.2 Å². The standard InChI is InChI=1S/C14H13ClN2O4S/c1-21-12-5-4-11(10-3-2-6-16-14(10)12)17-8-9(7-13(17)18)22(15,19)20/h2-6,9H,7-8H2,1H3. The summed E-state index contributed by atoms with van der Waals surface area (Å²) in [6, 6.07) is 7.00. The van der Waals surface area contributed by atoms with E-state index in [0.717, 1.165) is 5.39 Å². The van der Waals surface area contributed by atoms with Gasteiger partial charge in [0, 0.05) is 35.2 Å². The number of ether oxygens (including phenoxy) is 1. The quantitative estimate of drug-likeness (QED) is 0.798. The minimum absolute atomic E-state index is 0.0426. The maximum Gasteiger partial charge on any atom is 0.237 e. The number of carbonyl (C=O) groups excluding carboxylic acids is 1. The van der Waals surface area contributed by atoms with Crippen molar-refractivity contribution >= 4 is 42.2 Å². The number of pyridine rings is 1. The molecule has 1 amide bonds. The maximum atomic E-state index is 12.2. The van der Waals surface area contributed by atoms with E-state index in [9.17, 15) is 13.2 Å². The summed E-state index contributed by atoms with van der Waals surface area (Å²) < 4.78 is 28.2. The van der Waals surface area contributed by atoms with Gasteiger partial charge in [-0.25, -0.2) is 8.42 Å². The molecule has 0 radical (unpaired) electrons. The number of rotatable bonds is 3. The summed E-state index contributed by atoms with van der Waals surface area (Å²) >= 11 is 0. The fraction of sp³-hybridized carbons (Fsp3) is 0.286. The predicted molar refractivity (Wildman–Crippen MR) is 83.8 cm³/mol. The number of anilines is 1. The summed E-state index contributed by atoms with van der Waals surface area (Å²) in [5.74, 6) is 0.317. The van der Waals surface area contributed by atoms with E-state index in [1.807, 2.05) is 6.07 Å². The van der Waals surface area contributed by atoms with Gasteiger partial charge in [-0.3, -0.25) is 9.78 Å². The third-order valence-electron chi connectivity index (χ3n) is 3.71. The van der Waals surface area contributed by atoms with Gasteiger partial charge >= 0.3 is 0 Å². The number of methoxy groups -OCH3 is 1. The van der Waals surface area contributed by atoms with Gasteiger partial charge in [-0.2, -0.15) is 0 Å². The zero-order valence-electron chi connectivity index (χ0n) is 11.7. The zero-order valence-corrected chi connectivity index (χ0v) is 13.3. The second-order valence-electron chi connectivity index (χ2n) is 4.99. The van der Waals surface area contributed by atoms with Crippen molar-refractivity contribution in [2.75, 3.05) is 18.6 Å². The summed E-state index contributed by atoms with van der Waals surface area (Å²) in [5.41, 5.74) is 1.23. The summed E-state index contributed by atoms with van der Waals surface area (Å²) in [6.07, 6.45) is 1.52. The first-order chi connectivity index (χ1) is 10.4. The molecule has 6 nitrogen and oxygen atoms in total. The molecule has 0 saturated carbocycles. The number of nitrogens with zero attached hydrogens (tertiary/aromatic N) is 2. The van der Waals surface area contributed by atoms with E-state index in [2.05, 4.69) is 4.98 Å². The Labute approximate surface area is 132 Å². The van der Waals surface area contributed by atoms with Gasteiger partial charge in [-0.1, -0.05) is 0 Å². The van der Waals surface area contributed by atoms with Crippen LogP contribution in [0.3, 0.4) is 0 Å². The average Bonchev–Trinajstić information content (AvgIpc) is 2.88. The van der Waals surface area contributed by atoms with Gasteiger partial charge in [0.1, 0.15) is 16.5 Å². The fourth-order valence-corrected chi connectivity index (χ4v) is 3.65. The Bertz CT molecular complexity index is 853. The molecule has 1 aliphatic heterocycles. The highest BCUT2D eigenvalue weighted by Gasteiger charge is 2.38. The monoisotopic (exact) mass is 340 g/mol. The van der Waals surface area contributed by atoms with Crippen molar-refractivity contribution in [3.05, 3.63) is 30.5 Å². The van der Waals surface area contributed by atoms with Crippen LogP contribution in [0.5, 0.6) is 5.75 Å². The molecule has 0 aliphatic carbocycles. The van der Waals surface area contributed by atoms with Crippen molar-refractivity contribution in [2.24, 2.45) is 0 Å².